The van der Waals surface area contributed by atoms with E-state index in [4.69, 9.17) is 9.72 Å². The number of hydrogen-bond donors (Lipinski definition) is 1. The molecule has 0 atom stereocenters. The fraction of sp³-hybridized carbons (Fsp3) is 0.500. The minimum Gasteiger partial charge on any atom is -0.497 e. The van der Waals surface area contributed by atoms with Crippen molar-refractivity contribution in [3.8, 4) is 5.75 Å². The zero-order valence-corrected chi connectivity index (χ0v) is 22.1. The zero-order valence-electron chi connectivity index (χ0n) is 22.1. The van der Waals surface area contributed by atoms with Crippen LogP contribution >= 0.6 is 0 Å². The second-order valence-electron chi connectivity index (χ2n) is 9.90. The summed E-state index contributed by atoms with van der Waals surface area (Å²) in [5, 5.41) is 3.03. The van der Waals surface area contributed by atoms with Crippen LogP contribution in [0.3, 0.4) is 0 Å². The number of ether oxygens (including phenoxy) is 1. The fourth-order valence-corrected chi connectivity index (χ4v) is 5.06. The smallest absolute Gasteiger partial charge is 0.224 e. The van der Waals surface area contributed by atoms with E-state index in [0.717, 1.165) is 79.8 Å². The monoisotopic (exact) mass is 504 g/mol. The Bertz CT molecular complexity index is 1150. The number of aromatic nitrogens is 2. The summed E-state index contributed by atoms with van der Waals surface area (Å²) in [6.45, 7) is 3.14. The van der Waals surface area contributed by atoms with Crippen LogP contribution in [0.4, 0.5) is 0 Å². The molecule has 3 aromatic rings. The van der Waals surface area contributed by atoms with Gasteiger partial charge in [0.15, 0.2) is 0 Å². The van der Waals surface area contributed by atoms with Gasteiger partial charge in [-0.2, -0.15) is 0 Å². The van der Waals surface area contributed by atoms with Crippen molar-refractivity contribution in [2.45, 2.75) is 70.8 Å². The van der Waals surface area contributed by atoms with Gasteiger partial charge >= 0.3 is 0 Å². The van der Waals surface area contributed by atoms with Crippen LogP contribution in [0.25, 0.3) is 11.0 Å². The van der Waals surface area contributed by atoms with E-state index in [1.807, 2.05) is 42.5 Å². The molecule has 0 spiro atoms. The van der Waals surface area contributed by atoms with E-state index >= 15 is 0 Å². The summed E-state index contributed by atoms with van der Waals surface area (Å²) in [6.07, 6.45) is 9.40. The number of nitrogens with zero attached hydrogens (tertiary/aromatic N) is 3. The number of carbonyl (C=O) groups excluding carboxylic acids is 2. The van der Waals surface area contributed by atoms with E-state index in [1.165, 1.54) is 12.8 Å². The van der Waals surface area contributed by atoms with Gasteiger partial charge in [0.2, 0.25) is 11.8 Å². The molecule has 1 fully saturated rings. The molecule has 0 saturated carbocycles. The standard InChI is InChI=1S/C30H40N4O3/c1-37-25-16-14-24(15-17-25)23-29(35)31-19-8-4-5-13-28-32-26-11-6-7-12-27(26)34(28)22-18-30(36)33-20-9-2-3-10-21-33/h6-7,11-12,14-17H,2-5,8-10,13,18-23H2,1H3,(H,31,35). The number of methoxy groups -OCH3 is 1. The summed E-state index contributed by atoms with van der Waals surface area (Å²) < 4.78 is 7.40. The maximum Gasteiger partial charge on any atom is 0.224 e. The highest BCUT2D eigenvalue weighted by Crippen LogP contribution is 2.19. The van der Waals surface area contributed by atoms with E-state index in [2.05, 4.69) is 20.9 Å². The van der Waals surface area contributed by atoms with Gasteiger partial charge in [0, 0.05) is 39.0 Å². The third kappa shape index (κ3) is 7.81. The fourth-order valence-electron chi connectivity index (χ4n) is 5.06. The number of fused-ring (bicyclic) bond motifs is 1. The molecule has 37 heavy (non-hydrogen) atoms. The van der Waals surface area contributed by atoms with Crippen molar-refractivity contribution in [1.82, 2.24) is 19.8 Å². The quantitative estimate of drug-likeness (QED) is 0.356. The first-order valence-corrected chi connectivity index (χ1v) is 13.8. The lowest BCUT2D eigenvalue weighted by Gasteiger charge is -2.20. The van der Waals surface area contributed by atoms with Crippen molar-refractivity contribution in [2.24, 2.45) is 0 Å². The second-order valence-corrected chi connectivity index (χ2v) is 9.90. The van der Waals surface area contributed by atoms with Crippen molar-refractivity contribution in [3.05, 3.63) is 59.9 Å². The van der Waals surface area contributed by atoms with E-state index in [1.54, 1.807) is 7.11 Å². The lowest BCUT2D eigenvalue weighted by atomic mass is 10.1. The van der Waals surface area contributed by atoms with Crippen LogP contribution in [-0.4, -0.2) is 53.0 Å². The Morgan fingerprint density at radius 1 is 0.946 bits per heavy atom. The summed E-state index contributed by atoms with van der Waals surface area (Å²) in [6, 6.07) is 15.8. The van der Waals surface area contributed by atoms with Crippen molar-refractivity contribution < 1.29 is 14.3 Å². The Morgan fingerprint density at radius 3 is 2.46 bits per heavy atom. The van der Waals surface area contributed by atoms with Crippen molar-refractivity contribution in [1.29, 1.82) is 0 Å². The molecule has 1 saturated heterocycles. The van der Waals surface area contributed by atoms with Crippen LogP contribution in [0.1, 0.15) is 62.8 Å². The average molecular weight is 505 g/mol. The average Bonchev–Trinajstić information content (AvgIpc) is 3.06. The van der Waals surface area contributed by atoms with Gasteiger partial charge in [0.25, 0.3) is 0 Å². The van der Waals surface area contributed by atoms with Crippen LogP contribution in [0.5, 0.6) is 5.75 Å². The van der Waals surface area contributed by atoms with Crippen LogP contribution in [0.15, 0.2) is 48.5 Å². The number of para-hydroxylation sites is 2. The lowest BCUT2D eigenvalue weighted by Crippen LogP contribution is -2.32. The Morgan fingerprint density at radius 2 is 1.70 bits per heavy atom. The third-order valence-electron chi connectivity index (χ3n) is 7.16. The largest absolute Gasteiger partial charge is 0.497 e. The molecule has 2 heterocycles. The van der Waals surface area contributed by atoms with E-state index in [0.29, 0.717) is 25.9 Å². The van der Waals surface area contributed by atoms with Crippen LogP contribution in [0.2, 0.25) is 0 Å². The normalized spacial score (nSPS) is 13.9. The van der Waals surface area contributed by atoms with Gasteiger partial charge < -0.3 is 19.5 Å². The number of rotatable bonds is 12. The molecule has 2 aromatic carbocycles. The molecule has 198 valence electrons. The number of nitrogens with one attached hydrogen (secondary N) is 1. The first-order valence-electron chi connectivity index (χ1n) is 13.8. The number of likely N-dealkylation sites (tertiary alicyclic amines) is 1. The van der Waals surface area contributed by atoms with Crippen LogP contribution in [0, 0.1) is 0 Å². The van der Waals surface area contributed by atoms with Gasteiger partial charge in [0.05, 0.1) is 24.6 Å². The number of carbonyl (C=O) groups is 2. The molecule has 1 aliphatic rings. The molecule has 0 unspecified atom stereocenters. The van der Waals surface area contributed by atoms with Crippen molar-refractivity contribution in [2.75, 3.05) is 26.7 Å². The van der Waals surface area contributed by atoms with Crippen LogP contribution in [-0.2, 0) is 29.0 Å². The molecule has 0 aliphatic carbocycles. The maximum absolute atomic E-state index is 12.9. The van der Waals surface area contributed by atoms with Crippen molar-refractivity contribution in [3.63, 3.8) is 0 Å². The third-order valence-corrected chi connectivity index (χ3v) is 7.16. The number of aryl methyl sites for hydroxylation is 2. The van der Waals surface area contributed by atoms with Crippen LogP contribution < -0.4 is 10.1 Å². The first-order chi connectivity index (χ1) is 18.1. The van der Waals surface area contributed by atoms with Gasteiger partial charge in [-0.1, -0.05) is 43.5 Å². The molecular formula is C30H40N4O3. The Balaban J connectivity index is 1.22. The summed E-state index contributed by atoms with van der Waals surface area (Å²) in [5.41, 5.74) is 3.07. The van der Waals surface area contributed by atoms with Gasteiger partial charge in [-0.05, 0) is 55.5 Å². The number of imidazole rings is 1. The lowest BCUT2D eigenvalue weighted by molar-refractivity contribution is -0.131. The number of hydrogen-bond acceptors (Lipinski definition) is 4. The molecular weight excluding hydrogens is 464 g/mol. The second kappa shape index (κ2) is 13.8. The SMILES string of the molecule is COc1ccc(CC(=O)NCCCCCc2nc3ccccc3n2CCC(=O)N2CCCCCC2)cc1. The molecule has 1 aromatic heterocycles. The molecule has 7 nitrogen and oxygen atoms in total. The van der Waals surface area contributed by atoms with Gasteiger partial charge in [-0.15, -0.1) is 0 Å². The Hall–Kier alpha value is -3.35. The summed E-state index contributed by atoms with van der Waals surface area (Å²) in [4.78, 5) is 32.0. The van der Waals surface area contributed by atoms with E-state index in [9.17, 15) is 9.59 Å². The van der Waals surface area contributed by atoms with Gasteiger partial charge in [0.1, 0.15) is 11.6 Å². The maximum atomic E-state index is 12.9. The highest BCUT2D eigenvalue weighted by atomic mass is 16.5. The number of unbranched alkanes of at least 4 members (excludes halogenated alkanes) is 2. The molecule has 7 heteroatoms. The molecule has 0 radical (unpaired) electrons. The van der Waals surface area contributed by atoms with E-state index < -0.39 is 0 Å². The number of amides is 2. The Labute approximate surface area is 220 Å². The molecule has 1 N–H and O–H groups in total. The zero-order chi connectivity index (χ0) is 25.9. The van der Waals surface area contributed by atoms with Gasteiger partial charge in [-0.3, -0.25) is 9.59 Å². The summed E-state index contributed by atoms with van der Waals surface area (Å²) >= 11 is 0. The minimum absolute atomic E-state index is 0.0426. The van der Waals surface area contributed by atoms with Gasteiger partial charge in [-0.25, -0.2) is 4.98 Å². The highest BCUT2D eigenvalue weighted by Gasteiger charge is 2.17. The number of benzene rings is 2. The molecule has 4 rings (SSSR count). The predicted molar refractivity (Wildman–Crippen MR) is 147 cm³/mol. The summed E-state index contributed by atoms with van der Waals surface area (Å²) in [7, 11) is 1.63. The predicted octanol–water partition coefficient (Wildman–Crippen LogP) is 4.91. The first kappa shape index (κ1) is 26.7. The Kier molecular flexibility index (Phi) is 9.97. The summed E-state index contributed by atoms with van der Waals surface area (Å²) in [5.74, 6) is 2.15. The minimum atomic E-state index is 0.0426. The topological polar surface area (TPSA) is 76.5 Å². The van der Waals surface area contributed by atoms with Crippen molar-refractivity contribution >= 4 is 22.8 Å². The molecule has 0 bridgehead atoms. The molecule has 2 amide bonds. The van der Waals surface area contributed by atoms with E-state index in [-0.39, 0.29) is 11.8 Å². The highest BCUT2D eigenvalue weighted by molar-refractivity contribution is 5.79. The molecule has 1 aliphatic heterocycles.